The molecule has 0 amide bonds. The van der Waals surface area contributed by atoms with E-state index in [1.807, 2.05) is 7.05 Å². The Labute approximate surface area is 98.2 Å². The van der Waals surface area contributed by atoms with Gasteiger partial charge in [0.15, 0.2) is 0 Å². The molecular formula is C12H24N2O2. The molecule has 0 radical (unpaired) electrons. The molecule has 4 nitrogen and oxygen atoms in total. The lowest BCUT2D eigenvalue weighted by molar-refractivity contribution is -0.139. The number of carbonyl (C=O) groups is 1. The van der Waals surface area contributed by atoms with Crippen molar-refractivity contribution in [2.24, 2.45) is 0 Å². The molecule has 1 rings (SSSR count). The summed E-state index contributed by atoms with van der Waals surface area (Å²) in [5.41, 5.74) is 0.109. The van der Waals surface area contributed by atoms with Crippen molar-refractivity contribution in [2.75, 3.05) is 20.1 Å². The van der Waals surface area contributed by atoms with Crippen LogP contribution in [0, 0.1) is 0 Å². The topological polar surface area (TPSA) is 43.8 Å². The van der Waals surface area contributed by atoms with E-state index in [1.54, 1.807) is 0 Å². The monoisotopic (exact) mass is 228 g/mol. The number of nitrogens with zero attached hydrogens (tertiary/aromatic N) is 2. The molecule has 1 saturated heterocycles. The molecule has 2 atom stereocenters. The van der Waals surface area contributed by atoms with Gasteiger partial charge < -0.3 is 10.0 Å². The van der Waals surface area contributed by atoms with Crippen LogP contribution >= 0.6 is 0 Å². The van der Waals surface area contributed by atoms with E-state index < -0.39 is 5.97 Å². The smallest absolute Gasteiger partial charge is 0.304 e. The molecule has 1 fully saturated rings. The van der Waals surface area contributed by atoms with Crippen molar-refractivity contribution >= 4 is 5.97 Å². The SMILES string of the molecule is CC1CN(C)C(CC(=O)O)CN1C(C)(C)C. The molecule has 0 bridgehead atoms. The van der Waals surface area contributed by atoms with E-state index in [0.717, 1.165) is 13.1 Å². The van der Waals surface area contributed by atoms with Crippen LogP contribution in [0.2, 0.25) is 0 Å². The molecule has 0 aromatic heterocycles. The second kappa shape index (κ2) is 4.72. The molecule has 94 valence electrons. The minimum Gasteiger partial charge on any atom is -0.481 e. The number of carboxylic acids is 1. The third-order valence-electron chi connectivity index (χ3n) is 3.39. The van der Waals surface area contributed by atoms with Crippen LogP contribution in [0.3, 0.4) is 0 Å². The number of piperazine rings is 1. The number of hydrogen-bond donors (Lipinski definition) is 1. The van der Waals surface area contributed by atoms with Gasteiger partial charge in [0.05, 0.1) is 6.42 Å². The van der Waals surface area contributed by atoms with Crippen molar-refractivity contribution in [2.45, 2.75) is 51.7 Å². The van der Waals surface area contributed by atoms with E-state index in [-0.39, 0.29) is 18.0 Å². The number of hydrogen-bond acceptors (Lipinski definition) is 3. The normalized spacial score (nSPS) is 29.3. The van der Waals surface area contributed by atoms with Crippen LogP contribution in [0.5, 0.6) is 0 Å². The lowest BCUT2D eigenvalue weighted by Crippen LogP contribution is -2.61. The van der Waals surface area contributed by atoms with Gasteiger partial charge in [-0.1, -0.05) is 0 Å². The number of likely N-dealkylation sites (N-methyl/N-ethyl adjacent to an activating group) is 1. The second-order valence-corrected chi connectivity index (χ2v) is 5.86. The van der Waals surface area contributed by atoms with Gasteiger partial charge in [-0.2, -0.15) is 0 Å². The molecule has 0 aromatic carbocycles. The maximum atomic E-state index is 10.8. The Morgan fingerprint density at radius 1 is 1.38 bits per heavy atom. The highest BCUT2D eigenvalue weighted by Gasteiger charge is 2.35. The molecule has 0 aromatic rings. The average molecular weight is 228 g/mol. The summed E-state index contributed by atoms with van der Waals surface area (Å²) in [5, 5.41) is 8.89. The van der Waals surface area contributed by atoms with Gasteiger partial charge in [0.2, 0.25) is 0 Å². The van der Waals surface area contributed by atoms with Gasteiger partial charge in [0.1, 0.15) is 0 Å². The first-order valence-electron chi connectivity index (χ1n) is 5.90. The van der Waals surface area contributed by atoms with Gasteiger partial charge in [-0.05, 0) is 34.7 Å². The highest BCUT2D eigenvalue weighted by Crippen LogP contribution is 2.24. The predicted octanol–water partition coefficient (Wildman–Crippen LogP) is 1.26. The summed E-state index contributed by atoms with van der Waals surface area (Å²) in [6, 6.07) is 0.614. The molecule has 16 heavy (non-hydrogen) atoms. The molecule has 0 saturated carbocycles. The molecule has 0 spiro atoms. The molecule has 4 heteroatoms. The van der Waals surface area contributed by atoms with Crippen molar-refractivity contribution < 1.29 is 9.90 Å². The van der Waals surface area contributed by atoms with E-state index in [1.165, 1.54) is 0 Å². The third kappa shape index (κ3) is 3.19. The summed E-state index contributed by atoms with van der Waals surface area (Å²) in [7, 11) is 2.02. The number of rotatable bonds is 2. The summed E-state index contributed by atoms with van der Waals surface area (Å²) >= 11 is 0. The van der Waals surface area contributed by atoms with Gasteiger partial charge >= 0.3 is 5.97 Å². The number of carboxylic acid groups (broad SMARTS) is 1. The Balaban J connectivity index is 2.72. The van der Waals surface area contributed by atoms with Crippen molar-refractivity contribution in [3.63, 3.8) is 0 Å². The van der Waals surface area contributed by atoms with Crippen molar-refractivity contribution in [3.05, 3.63) is 0 Å². The summed E-state index contributed by atoms with van der Waals surface area (Å²) in [5.74, 6) is -0.708. The summed E-state index contributed by atoms with van der Waals surface area (Å²) in [6.45, 7) is 10.5. The highest BCUT2D eigenvalue weighted by atomic mass is 16.4. The predicted molar refractivity (Wildman–Crippen MR) is 64.6 cm³/mol. The van der Waals surface area contributed by atoms with E-state index in [2.05, 4.69) is 37.5 Å². The van der Waals surface area contributed by atoms with E-state index in [9.17, 15) is 4.79 Å². The van der Waals surface area contributed by atoms with Crippen LogP contribution in [-0.4, -0.2) is 58.6 Å². The summed E-state index contributed by atoms with van der Waals surface area (Å²) in [4.78, 5) is 15.4. The lowest BCUT2D eigenvalue weighted by Gasteiger charge is -2.49. The first-order chi connectivity index (χ1) is 7.21. The second-order valence-electron chi connectivity index (χ2n) is 5.86. The van der Waals surface area contributed by atoms with Gasteiger partial charge in [-0.25, -0.2) is 0 Å². The summed E-state index contributed by atoms with van der Waals surface area (Å²) in [6.07, 6.45) is 0.232. The van der Waals surface area contributed by atoms with Gasteiger partial charge in [-0.3, -0.25) is 9.69 Å². The highest BCUT2D eigenvalue weighted by molar-refractivity contribution is 5.67. The quantitative estimate of drug-likeness (QED) is 0.773. The summed E-state index contributed by atoms with van der Waals surface area (Å²) < 4.78 is 0. The molecule has 1 heterocycles. The Morgan fingerprint density at radius 3 is 2.38 bits per heavy atom. The van der Waals surface area contributed by atoms with Crippen LogP contribution < -0.4 is 0 Å². The van der Waals surface area contributed by atoms with Crippen molar-refractivity contribution in [1.82, 2.24) is 9.80 Å². The Kier molecular flexibility index (Phi) is 3.97. The van der Waals surface area contributed by atoms with Crippen LogP contribution in [0.4, 0.5) is 0 Å². The molecular weight excluding hydrogens is 204 g/mol. The maximum Gasteiger partial charge on any atom is 0.304 e. The van der Waals surface area contributed by atoms with Crippen LogP contribution in [0.25, 0.3) is 0 Å². The molecule has 1 aliphatic heterocycles. The van der Waals surface area contributed by atoms with Crippen LogP contribution in [0.15, 0.2) is 0 Å². The van der Waals surface area contributed by atoms with Crippen molar-refractivity contribution in [1.29, 1.82) is 0 Å². The van der Waals surface area contributed by atoms with Gasteiger partial charge in [0, 0.05) is 30.7 Å². The molecule has 2 unspecified atom stereocenters. The zero-order chi connectivity index (χ0) is 12.5. The fourth-order valence-electron chi connectivity index (χ4n) is 2.57. The fraction of sp³-hybridized carbons (Fsp3) is 0.917. The third-order valence-corrected chi connectivity index (χ3v) is 3.39. The van der Waals surface area contributed by atoms with Crippen molar-refractivity contribution in [3.8, 4) is 0 Å². The van der Waals surface area contributed by atoms with E-state index in [4.69, 9.17) is 5.11 Å². The first kappa shape index (κ1) is 13.5. The Bertz CT molecular complexity index is 260. The van der Waals surface area contributed by atoms with Crippen LogP contribution in [-0.2, 0) is 4.79 Å². The minimum absolute atomic E-state index is 0.109. The average Bonchev–Trinajstić information content (AvgIpc) is 2.06. The Hall–Kier alpha value is -0.610. The zero-order valence-electron chi connectivity index (χ0n) is 11.0. The van der Waals surface area contributed by atoms with E-state index in [0.29, 0.717) is 6.04 Å². The molecule has 0 aliphatic carbocycles. The standard InChI is InChI=1S/C12H24N2O2/c1-9-7-13(5)10(6-11(15)16)8-14(9)12(2,3)4/h9-10H,6-8H2,1-5H3,(H,15,16). The minimum atomic E-state index is -0.708. The van der Waals surface area contributed by atoms with E-state index >= 15 is 0 Å². The van der Waals surface area contributed by atoms with Crippen LogP contribution in [0.1, 0.15) is 34.1 Å². The first-order valence-corrected chi connectivity index (χ1v) is 5.90. The lowest BCUT2D eigenvalue weighted by atomic mass is 9.97. The van der Waals surface area contributed by atoms with Gasteiger partial charge in [0.25, 0.3) is 0 Å². The Morgan fingerprint density at radius 2 is 1.94 bits per heavy atom. The zero-order valence-corrected chi connectivity index (χ0v) is 11.0. The maximum absolute atomic E-state index is 10.8. The molecule has 1 N–H and O–H groups in total. The van der Waals surface area contributed by atoms with Gasteiger partial charge in [-0.15, -0.1) is 0 Å². The fourth-order valence-corrected chi connectivity index (χ4v) is 2.57. The number of aliphatic carboxylic acids is 1. The molecule has 1 aliphatic rings. The largest absolute Gasteiger partial charge is 0.481 e.